The van der Waals surface area contributed by atoms with Crippen molar-refractivity contribution in [3.05, 3.63) is 41.9 Å². The highest BCUT2D eigenvalue weighted by Gasteiger charge is 2.25. The van der Waals surface area contributed by atoms with Crippen LogP contribution >= 0.6 is 0 Å². The molecule has 1 atom stereocenters. The summed E-state index contributed by atoms with van der Waals surface area (Å²) >= 11 is 0. The normalized spacial score (nSPS) is 16.7. The predicted molar refractivity (Wildman–Crippen MR) is 102 cm³/mol. The Hall–Kier alpha value is -3.03. The maximum atomic E-state index is 12.3. The van der Waals surface area contributed by atoms with Crippen LogP contribution in [0.15, 0.2) is 30.6 Å². The molecule has 2 amide bonds. The van der Waals surface area contributed by atoms with E-state index >= 15 is 0 Å². The van der Waals surface area contributed by atoms with E-state index in [4.69, 9.17) is 0 Å². The standard InChI is InChI=1S/C19H24N6O2/c1-13-5-6-17(22-10-13)24-19-20-8-7-16(23-19)15-4-3-9-25(12-15)18(27)11-21-14(2)26/h5-8,10,15H,3-4,9,11-12H2,1-2H3,(H,21,26)(H,20,22,23,24). The van der Waals surface area contributed by atoms with E-state index in [2.05, 4.69) is 25.6 Å². The predicted octanol–water partition coefficient (Wildman–Crippen LogP) is 1.77. The number of aromatic nitrogens is 3. The van der Waals surface area contributed by atoms with Crippen molar-refractivity contribution in [3.8, 4) is 0 Å². The summed E-state index contributed by atoms with van der Waals surface area (Å²) in [7, 11) is 0. The SMILES string of the molecule is CC(=O)NCC(=O)N1CCCC(c2ccnc(Nc3ccc(C)cn3)n2)C1. The van der Waals surface area contributed by atoms with E-state index in [-0.39, 0.29) is 24.3 Å². The van der Waals surface area contributed by atoms with Crippen molar-refractivity contribution < 1.29 is 9.59 Å². The van der Waals surface area contributed by atoms with Gasteiger partial charge in [-0.2, -0.15) is 0 Å². The van der Waals surface area contributed by atoms with E-state index in [1.165, 1.54) is 6.92 Å². The molecule has 0 bridgehead atoms. The third-order valence-corrected chi connectivity index (χ3v) is 4.51. The number of nitrogens with zero attached hydrogens (tertiary/aromatic N) is 4. The Morgan fingerprint density at radius 2 is 2.11 bits per heavy atom. The lowest BCUT2D eigenvalue weighted by molar-refractivity contribution is -0.133. The fraction of sp³-hybridized carbons (Fsp3) is 0.421. The highest BCUT2D eigenvalue weighted by atomic mass is 16.2. The number of anilines is 2. The molecule has 0 saturated carbocycles. The summed E-state index contributed by atoms with van der Waals surface area (Å²) in [6.45, 7) is 4.73. The molecule has 0 aliphatic carbocycles. The monoisotopic (exact) mass is 368 g/mol. The lowest BCUT2D eigenvalue weighted by Gasteiger charge is -2.32. The van der Waals surface area contributed by atoms with Crippen LogP contribution in [0.5, 0.6) is 0 Å². The molecule has 2 N–H and O–H groups in total. The van der Waals surface area contributed by atoms with Crippen molar-refractivity contribution >= 4 is 23.6 Å². The number of carbonyl (C=O) groups excluding carboxylic acids is 2. The quantitative estimate of drug-likeness (QED) is 0.834. The molecule has 0 radical (unpaired) electrons. The van der Waals surface area contributed by atoms with E-state index in [1.54, 1.807) is 17.3 Å². The van der Waals surface area contributed by atoms with Crippen molar-refractivity contribution in [1.29, 1.82) is 0 Å². The average molecular weight is 368 g/mol. The molecule has 0 aromatic carbocycles. The van der Waals surface area contributed by atoms with Crippen LogP contribution in [0.2, 0.25) is 0 Å². The van der Waals surface area contributed by atoms with Gasteiger partial charge in [-0.15, -0.1) is 0 Å². The summed E-state index contributed by atoms with van der Waals surface area (Å²) < 4.78 is 0. The van der Waals surface area contributed by atoms with Gasteiger partial charge in [0.1, 0.15) is 5.82 Å². The van der Waals surface area contributed by atoms with Crippen molar-refractivity contribution in [1.82, 2.24) is 25.2 Å². The molecule has 2 aromatic rings. The number of carbonyl (C=O) groups is 2. The minimum Gasteiger partial charge on any atom is -0.347 e. The molecule has 1 fully saturated rings. The molecule has 1 aliphatic heterocycles. The van der Waals surface area contributed by atoms with Crippen LogP contribution in [0.4, 0.5) is 11.8 Å². The molecular formula is C19H24N6O2. The van der Waals surface area contributed by atoms with Gasteiger partial charge in [0.2, 0.25) is 17.8 Å². The van der Waals surface area contributed by atoms with E-state index in [1.807, 2.05) is 25.1 Å². The lowest BCUT2D eigenvalue weighted by atomic mass is 9.94. The topological polar surface area (TPSA) is 100 Å². The smallest absolute Gasteiger partial charge is 0.241 e. The number of aryl methyl sites for hydroxylation is 1. The van der Waals surface area contributed by atoms with Crippen LogP contribution in [-0.2, 0) is 9.59 Å². The fourth-order valence-corrected chi connectivity index (χ4v) is 3.07. The van der Waals surface area contributed by atoms with Gasteiger partial charge in [-0.1, -0.05) is 6.07 Å². The Morgan fingerprint density at radius 3 is 2.85 bits per heavy atom. The van der Waals surface area contributed by atoms with E-state index in [0.29, 0.717) is 24.9 Å². The number of nitrogens with one attached hydrogen (secondary N) is 2. The average Bonchev–Trinajstić information content (AvgIpc) is 2.68. The lowest BCUT2D eigenvalue weighted by Crippen LogP contribution is -2.44. The fourth-order valence-electron chi connectivity index (χ4n) is 3.07. The number of rotatable bonds is 5. The van der Waals surface area contributed by atoms with Crippen LogP contribution in [0.3, 0.4) is 0 Å². The molecule has 3 rings (SSSR count). The zero-order chi connectivity index (χ0) is 19.2. The van der Waals surface area contributed by atoms with Crippen molar-refractivity contribution in [2.24, 2.45) is 0 Å². The van der Waals surface area contributed by atoms with Crippen molar-refractivity contribution in [2.75, 3.05) is 25.0 Å². The molecule has 3 heterocycles. The molecule has 8 heteroatoms. The molecular weight excluding hydrogens is 344 g/mol. The summed E-state index contributed by atoms with van der Waals surface area (Å²) in [6, 6.07) is 5.74. The summed E-state index contributed by atoms with van der Waals surface area (Å²) in [5.41, 5.74) is 1.98. The first-order valence-corrected chi connectivity index (χ1v) is 9.06. The largest absolute Gasteiger partial charge is 0.347 e. The maximum Gasteiger partial charge on any atom is 0.241 e. The summed E-state index contributed by atoms with van der Waals surface area (Å²) in [5.74, 6) is 1.06. The molecule has 142 valence electrons. The Kier molecular flexibility index (Phi) is 5.95. The van der Waals surface area contributed by atoms with Crippen molar-refractivity contribution in [2.45, 2.75) is 32.6 Å². The first-order chi connectivity index (χ1) is 13.0. The van der Waals surface area contributed by atoms with Crippen LogP contribution < -0.4 is 10.6 Å². The second-order valence-electron chi connectivity index (χ2n) is 6.74. The van der Waals surface area contributed by atoms with Crippen molar-refractivity contribution in [3.63, 3.8) is 0 Å². The number of piperidine rings is 1. The molecule has 27 heavy (non-hydrogen) atoms. The highest BCUT2D eigenvalue weighted by Crippen LogP contribution is 2.26. The molecule has 0 spiro atoms. The van der Waals surface area contributed by atoms with Gasteiger partial charge in [-0.05, 0) is 37.5 Å². The number of likely N-dealkylation sites (tertiary alicyclic amines) is 1. The zero-order valence-corrected chi connectivity index (χ0v) is 15.6. The Bertz CT molecular complexity index is 808. The third-order valence-electron chi connectivity index (χ3n) is 4.51. The van der Waals surface area contributed by atoms with Gasteiger partial charge in [-0.3, -0.25) is 9.59 Å². The molecule has 1 unspecified atom stereocenters. The summed E-state index contributed by atoms with van der Waals surface area (Å²) in [4.78, 5) is 38.3. The summed E-state index contributed by atoms with van der Waals surface area (Å²) in [6.07, 6.45) is 5.37. The second kappa shape index (κ2) is 8.57. The third kappa shape index (κ3) is 5.22. The summed E-state index contributed by atoms with van der Waals surface area (Å²) in [5, 5.41) is 5.68. The minimum atomic E-state index is -0.201. The Balaban J connectivity index is 1.66. The minimum absolute atomic E-state index is 0.0394. The highest BCUT2D eigenvalue weighted by molar-refractivity contribution is 5.83. The Morgan fingerprint density at radius 1 is 1.26 bits per heavy atom. The first kappa shape index (κ1) is 18.8. The van der Waals surface area contributed by atoms with E-state index < -0.39 is 0 Å². The van der Waals surface area contributed by atoms with Crippen LogP contribution in [-0.4, -0.2) is 51.3 Å². The van der Waals surface area contributed by atoms with Gasteiger partial charge in [0, 0.05) is 38.3 Å². The number of pyridine rings is 1. The molecule has 2 aromatic heterocycles. The Labute approximate surface area is 158 Å². The van der Waals surface area contributed by atoms with Crippen LogP contribution in [0.25, 0.3) is 0 Å². The van der Waals surface area contributed by atoms with E-state index in [0.717, 1.165) is 24.1 Å². The van der Waals surface area contributed by atoms with Gasteiger partial charge in [0.15, 0.2) is 0 Å². The van der Waals surface area contributed by atoms with Crippen LogP contribution in [0, 0.1) is 6.92 Å². The first-order valence-electron chi connectivity index (χ1n) is 9.06. The molecule has 1 saturated heterocycles. The van der Waals surface area contributed by atoms with Gasteiger partial charge < -0.3 is 15.5 Å². The van der Waals surface area contributed by atoms with Gasteiger partial charge in [0.25, 0.3) is 0 Å². The van der Waals surface area contributed by atoms with Crippen LogP contribution in [0.1, 0.15) is 36.9 Å². The maximum absolute atomic E-state index is 12.3. The molecule has 1 aliphatic rings. The molecule has 8 nitrogen and oxygen atoms in total. The number of hydrogen-bond acceptors (Lipinski definition) is 6. The zero-order valence-electron chi connectivity index (χ0n) is 15.6. The second-order valence-corrected chi connectivity index (χ2v) is 6.74. The number of hydrogen-bond donors (Lipinski definition) is 2. The van der Waals surface area contributed by atoms with Gasteiger partial charge in [0.05, 0.1) is 12.2 Å². The van der Waals surface area contributed by atoms with Gasteiger partial charge in [-0.25, -0.2) is 15.0 Å². The number of amides is 2. The van der Waals surface area contributed by atoms with E-state index in [9.17, 15) is 9.59 Å². The van der Waals surface area contributed by atoms with Gasteiger partial charge >= 0.3 is 0 Å².